The summed E-state index contributed by atoms with van der Waals surface area (Å²) in [7, 11) is 0. The second kappa shape index (κ2) is 14.5. The van der Waals surface area contributed by atoms with Crippen molar-refractivity contribution in [1.82, 2.24) is 4.98 Å². The normalized spacial score (nSPS) is 25.4. The van der Waals surface area contributed by atoms with Gasteiger partial charge in [0, 0.05) is 32.2 Å². The first-order valence-electron chi connectivity index (χ1n) is 15.5. The molecule has 2 saturated carbocycles. The number of aryl methyl sites for hydroxylation is 1. The zero-order valence-electron chi connectivity index (χ0n) is 25.3. The van der Waals surface area contributed by atoms with E-state index in [4.69, 9.17) is 0 Å². The molecule has 0 amide bonds. The number of hydrogen-bond donors (Lipinski definition) is 2. The first-order valence-corrected chi connectivity index (χ1v) is 15.5. The molecule has 221 valence electrons. The Morgan fingerprint density at radius 2 is 1.45 bits per heavy atom. The number of aliphatic hydroxyl groups excluding tert-OH is 2. The molecule has 5 rings (SSSR count). The summed E-state index contributed by atoms with van der Waals surface area (Å²) in [6.45, 7) is 11.0. The van der Waals surface area contributed by atoms with E-state index >= 15 is 0 Å². The van der Waals surface area contributed by atoms with E-state index in [1.165, 1.54) is 42.0 Å². The molecule has 2 aromatic carbocycles. The zero-order chi connectivity index (χ0) is 28.0. The van der Waals surface area contributed by atoms with E-state index < -0.39 is 0 Å². The molecule has 2 aliphatic carbocycles. The number of hydrogen-bond acceptors (Lipinski definition) is 3. The maximum Gasteiger partial charge on any atom is 0.0651 e. The predicted octanol–water partition coefficient (Wildman–Crippen LogP) is 8.93. The molecular weight excluding hydrogens is 671 g/mol. The molecule has 0 aliphatic heterocycles. The van der Waals surface area contributed by atoms with E-state index in [0.717, 1.165) is 49.8 Å². The summed E-state index contributed by atoms with van der Waals surface area (Å²) in [6, 6.07) is 19.7. The summed E-state index contributed by atoms with van der Waals surface area (Å²) < 4.78 is 0. The Balaban J connectivity index is 0.000000221. The van der Waals surface area contributed by atoms with Crippen LogP contribution < -0.4 is 0 Å². The minimum Gasteiger partial charge on any atom is -0.392 e. The fourth-order valence-corrected chi connectivity index (χ4v) is 7.86. The Hall–Kier alpha value is -1.58. The van der Waals surface area contributed by atoms with Crippen LogP contribution >= 0.6 is 0 Å². The van der Waals surface area contributed by atoms with Crippen LogP contribution in [0.25, 0.3) is 22.0 Å². The summed E-state index contributed by atoms with van der Waals surface area (Å²) >= 11 is 0. The first-order chi connectivity index (χ1) is 18.8. The number of nitrogens with zero attached hydrogens (tertiary/aromatic N) is 1. The zero-order valence-corrected chi connectivity index (χ0v) is 27.6. The standard InChI is InChI=1S/C20H38O2.C16H12N.Ir/c1-5-19(6-2)13-9-11-15-12-10-14-20(7-3,8-4)18(22)16(15)17(19)21;1-12-7-8-15-14(11-12)9-10-17-16(15)13-5-3-2-4-6-13;/h15-18,21-22H,5-14H2,1-4H3;2-5,7-11H,1H3;/q;-1;. The van der Waals surface area contributed by atoms with Crippen LogP contribution in [-0.4, -0.2) is 27.4 Å². The predicted molar refractivity (Wildman–Crippen MR) is 163 cm³/mol. The Kier molecular flexibility index (Phi) is 12.0. The molecule has 2 aliphatic rings. The summed E-state index contributed by atoms with van der Waals surface area (Å²) in [5.41, 5.74) is 3.37. The van der Waals surface area contributed by atoms with Gasteiger partial charge in [0.2, 0.25) is 0 Å². The number of aliphatic hydroxyl groups is 2. The maximum atomic E-state index is 11.4. The van der Waals surface area contributed by atoms with Crippen molar-refractivity contribution < 1.29 is 30.3 Å². The van der Waals surface area contributed by atoms with Crippen molar-refractivity contribution >= 4 is 10.8 Å². The third-order valence-electron chi connectivity index (χ3n) is 10.7. The molecule has 2 unspecified atom stereocenters. The molecule has 0 spiro atoms. The fraction of sp³-hybridized carbons (Fsp3) is 0.583. The van der Waals surface area contributed by atoms with Gasteiger partial charge in [0.15, 0.2) is 0 Å². The second-order valence-electron chi connectivity index (χ2n) is 12.3. The van der Waals surface area contributed by atoms with Gasteiger partial charge in [-0.05, 0) is 97.6 Å². The fourth-order valence-electron chi connectivity index (χ4n) is 7.86. The summed E-state index contributed by atoms with van der Waals surface area (Å²) in [6.07, 6.45) is 12.4. The Morgan fingerprint density at radius 1 is 0.850 bits per heavy atom. The number of aromatic nitrogens is 1. The average molecular weight is 721 g/mol. The van der Waals surface area contributed by atoms with Gasteiger partial charge in [0.1, 0.15) is 0 Å². The van der Waals surface area contributed by atoms with Gasteiger partial charge >= 0.3 is 0 Å². The number of fused-ring (bicyclic) bond motifs is 2. The van der Waals surface area contributed by atoms with Crippen LogP contribution in [0.4, 0.5) is 0 Å². The van der Waals surface area contributed by atoms with Gasteiger partial charge in [-0.15, -0.1) is 35.9 Å². The van der Waals surface area contributed by atoms with E-state index in [2.05, 4.69) is 69.9 Å². The summed E-state index contributed by atoms with van der Waals surface area (Å²) in [5.74, 6) is 0.606. The van der Waals surface area contributed by atoms with Gasteiger partial charge in [0.25, 0.3) is 0 Å². The second-order valence-corrected chi connectivity index (χ2v) is 12.3. The molecule has 1 radical (unpaired) electrons. The molecule has 4 heteroatoms. The third-order valence-corrected chi connectivity index (χ3v) is 10.7. The molecule has 2 fully saturated rings. The smallest absolute Gasteiger partial charge is 0.0651 e. The number of rotatable bonds is 5. The van der Waals surface area contributed by atoms with Gasteiger partial charge in [-0.1, -0.05) is 64.3 Å². The van der Waals surface area contributed by atoms with Crippen molar-refractivity contribution in [2.24, 2.45) is 22.7 Å². The van der Waals surface area contributed by atoms with Crippen LogP contribution in [-0.2, 0) is 20.1 Å². The van der Waals surface area contributed by atoms with Crippen LogP contribution in [0.3, 0.4) is 0 Å². The van der Waals surface area contributed by atoms with Crippen molar-refractivity contribution in [2.75, 3.05) is 0 Å². The molecule has 1 aromatic heterocycles. The van der Waals surface area contributed by atoms with Crippen LogP contribution in [0, 0.1) is 35.7 Å². The van der Waals surface area contributed by atoms with E-state index in [1.807, 2.05) is 30.5 Å². The van der Waals surface area contributed by atoms with Gasteiger partial charge in [-0.3, -0.25) is 0 Å². The molecular formula is C36H50IrNO2-. The Bertz CT molecular complexity index is 1160. The third kappa shape index (κ3) is 6.57. The minimum absolute atomic E-state index is 0. The van der Waals surface area contributed by atoms with E-state index in [9.17, 15) is 10.2 Å². The molecule has 40 heavy (non-hydrogen) atoms. The molecule has 2 atom stereocenters. The molecule has 1 heterocycles. The Labute approximate surface area is 256 Å². The minimum atomic E-state index is -0.333. The van der Waals surface area contributed by atoms with E-state index in [1.54, 1.807) is 0 Å². The summed E-state index contributed by atoms with van der Waals surface area (Å²) in [4.78, 5) is 4.48. The van der Waals surface area contributed by atoms with Crippen molar-refractivity contribution in [3.05, 3.63) is 66.4 Å². The average Bonchev–Trinajstić information content (AvgIpc) is 3.20. The van der Waals surface area contributed by atoms with E-state index in [0.29, 0.717) is 5.92 Å². The van der Waals surface area contributed by atoms with Crippen LogP contribution in [0.2, 0.25) is 0 Å². The van der Waals surface area contributed by atoms with E-state index in [-0.39, 0.29) is 49.1 Å². The SMILES string of the molecule is CCC1(CC)CCCC2CCCC(CC)(CC)C(O)C2C1O.Cc1ccc2c(-c3[c-]cccc3)nccc2c1.[Ir]. The quantitative estimate of drug-likeness (QED) is 0.259. The molecule has 3 aromatic rings. The van der Waals surface area contributed by atoms with Gasteiger partial charge in [-0.2, -0.15) is 0 Å². The van der Waals surface area contributed by atoms with Crippen molar-refractivity contribution in [3.63, 3.8) is 0 Å². The monoisotopic (exact) mass is 721 g/mol. The maximum absolute atomic E-state index is 11.4. The first kappa shape index (κ1) is 32.9. The van der Waals surface area contributed by atoms with Crippen LogP contribution in [0.1, 0.15) is 97.5 Å². The van der Waals surface area contributed by atoms with Gasteiger partial charge in [0.05, 0.1) is 12.2 Å². The van der Waals surface area contributed by atoms with Crippen molar-refractivity contribution in [3.8, 4) is 11.3 Å². The Morgan fingerprint density at radius 3 is 1.98 bits per heavy atom. The molecule has 2 N–H and O–H groups in total. The van der Waals surface area contributed by atoms with Gasteiger partial charge in [-0.25, -0.2) is 0 Å². The van der Waals surface area contributed by atoms with Crippen molar-refractivity contribution in [1.29, 1.82) is 0 Å². The van der Waals surface area contributed by atoms with Crippen molar-refractivity contribution in [2.45, 2.75) is 111 Å². The largest absolute Gasteiger partial charge is 0.392 e. The molecule has 0 bridgehead atoms. The number of benzene rings is 2. The van der Waals surface area contributed by atoms with Crippen LogP contribution in [0.15, 0.2) is 54.7 Å². The summed E-state index contributed by atoms with van der Waals surface area (Å²) in [5, 5.41) is 25.1. The molecule has 3 nitrogen and oxygen atoms in total. The van der Waals surface area contributed by atoms with Crippen LogP contribution in [0.5, 0.6) is 0 Å². The molecule has 0 saturated heterocycles. The van der Waals surface area contributed by atoms with Gasteiger partial charge < -0.3 is 15.2 Å². The topological polar surface area (TPSA) is 53.4 Å². The number of pyridine rings is 1.